The van der Waals surface area contributed by atoms with Gasteiger partial charge in [-0.2, -0.15) is 5.10 Å². The molecule has 2 saturated heterocycles. The summed E-state index contributed by atoms with van der Waals surface area (Å²) in [4.78, 5) is 70.8. The summed E-state index contributed by atoms with van der Waals surface area (Å²) >= 11 is 0. The zero-order chi connectivity index (χ0) is 35.6. The number of ether oxygens (including phenoxy) is 2. The van der Waals surface area contributed by atoms with E-state index in [9.17, 15) is 24.0 Å². The zero-order valence-electron chi connectivity index (χ0n) is 29.5. The van der Waals surface area contributed by atoms with Crippen molar-refractivity contribution in [1.29, 1.82) is 0 Å². The fourth-order valence-electron chi connectivity index (χ4n) is 6.39. The van der Waals surface area contributed by atoms with E-state index in [1.807, 2.05) is 39.0 Å². The van der Waals surface area contributed by atoms with Crippen molar-refractivity contribution in [1.82, 2.24) is 35.1 Å². The van der Waals surface area contributed by atoms with Crippen molar-refractivity contribution in [3.05, 3.63) is 42.1 Å². The number of piperazine rings is 1. The molecule has 2 aliphatic heterocycles. The minimum Gasteiger partial charge on any atom is -0.467 e. The van der Waals surface area contributed by atoms with Gasteiger partial charge in [-0.15, -0.1) is 0 Å². The lowest BCUT2D eigenvalue weighted by atomic mass is 9.93. The van der Waals surface area contributed by atoms with E-state index in [4.69, 9.17) is 9.47 Å². The molecular weight excluding hydrogens is 642 g/mol. The molecule has 0 bridgehead atoms. The van der Waals surface area contributed by atoms with E-state index < -0.39 is 18.0 Å². The van der Waals surface area contributed by atoms with E-state index in [1.54, 1.807) is 26.8 Å². The third kappa shape index (κ3) is 9.33. The van der Waals surface area contributed by atoms with Crippen molar-refractivity contribution in [2.75, 3.05) is 45.9 Å². The van der Waals surface area contributed by atoms with E-state index in [-0.39, 0.29) is 54.0 Å². The Morgan fingerprint density at radius 2 is 1.66 bits per heavy atom. The van der Waals surface area contributed by atoms with E-state index in [0.717, 1.165) is 38.5 Å². The normalized spacial score (nSPS) is 18.4. The van der Waals surface area contributed by atoms with Crippen molar-refractivity contribution in [2.24, 2.45) is 5.92 Å². The highest BCUT2D eigenvalue weighted by Crippen LogP contribution is 2.24. The van der Waals surface area contributed by atoms with Gasteiger partial charge in [-0.25, -0.2) is 9.48 Å². The number of para-hydroxylation sites is 1. The van der Waals surface area contributed by atoms with Crippen molar-refractivity contribution < 1.29 is 33.4 Å². The minimum atomic E-state index is -0.809. The Balaban J connectivity index is 1.24. The Labute approximate surface area is 293 Å². The fourth-order valence-corrected chi connectivity index (χ4v) is 6.39. The van der Waals surface area contributed by atoms with Gasteiger partial charge in [0.05, 0.1) is 12.3 Å². The number of nitrogens with zero attached hydrogens (tertiary/aromatic N) is 5. The lowest BCUT2D eigenvalue weighted by Crippen LogP contribution is -2.56. The number of hydrogen-bond acceptors (Lipinski definition) is 8. The van der Waals surface area contributed by atoms with Gasteiger partial charge in [0.15, 0.2) is 12.3 Å². The SMILES string of the molecule is CCCCOC(=O)N1CCN(C(=O)C(CC(C)C)NC(=O)c2cc(OCC(=O)N3CCCC3C(=O)NC3CCC3)n(-c3ccccc3)n2)CC1. The number of rotatable bonds is 14. The van der Waals surface area contributed by atoms with Gasteiger partial charge >= 0.3 is 6.09 Å². The fraction of sp³-hybridized carbons (Fsp3) is 0.611. The molecule has 14 nitrogen and oxygen atoms in total. The van der Waals surface area contributed by atoms with Crippen LogP contribution in [0.15, 0.2) is 36.4 Å². The molecule has 1 aromatic carbocycles. The summed E-state index contributed by atoms with van der Waals surface area (Å²) in [6, 6.07) is 9.41. The summed E-state index contributed by atoms with van der Waals surface area (Å²) in [5.74, 6) is -0.933. The van der Waals surface area contributed by atoms with Gasteiger partial charge in [-0.05, 0) is 63.0 Å². The highest BCUT2D eigenvalue weighted by atomic mass is 16.6. The Kier molecular flexibility index (Phi) is 12.7. The van der Waals surface area contributed by atoms with E-state index in [1.165, 1.54) is 10.7 Å². The first-order chi connectivity index (χ1) is 24.1. The average Bonchev–Trinajstić information content (AvgIpc) is 3.77. The Morgan fingerprint density at radius 1 is 0.940 bits per heavy atom. The third-order valence-electron chi connectivity index (χ3n) is 9.46. The number of likely N-dealkylation sites (tertiary alicyclic amines) is 1. The first-order valence-corrected chi connectivity index (χ1v) is 18.0. The number of carbonyl (C=O) groups excluding carboxylic acids is 5. The molecule has 2 atom stereocenters. The maximum atomic E-state index is 13.7. The molecule has 50 heavy (non-hydrogen) atoms. The van der Waals surface area contributed by atoms with Crippen LogP contribution >= 0.6 is 0 Å². The Hall–Kier alpha value is -4.62. The maximum Gasteiger partial charge on any atom is 0.409 e. The molecule has 2 aromatic rings. The third-order valence-corrected chi connectivity index (χ3v) is 9.46. The highest BCUT2D eigenvalue weighted by Gasteiger charge is 2.36. The molecule has 0 spiro atoms. The summed E-state index contributed by atoms with van der Waals surface area (Å²) in [5, 5.41) is 10.5. The molecule has 1 saturated carbocycles. The van der Waals surface area contributed by atoms with Gasteiger partial charge < -0.3 is 34.8 Å². The zero-order valence-corrected chi connectivity index (χ0v) is 29.5. The highest BCUT2D eigenvalue weighted by molar-refractivity contribution is 5.96. The molecule has 272 valence electrons. The lowest BCUT2D eigenvalue weighted by Gasteiger charge is -2.36. The van der Waals surface area contributed by atoms with Crippen molar-refractivity contribution >= 4 is 29.7 Å². The molecule has 1 aromatic heterocycles. The summed E-state index contributed by atoms with van der Waals surface area (Å²) in [7, 11) is 0. The molecule has 1 aliphatic carbocycles. The van der Waals surface area contributed by atoms with Crippen LogP contribution in [0, 0.1) is 5.92 Å². The number of carbonyl (C=O) groups is 5. The molecule has 3 aliphatic rings. The van der Waals surface area contributed by atoms with Crippen LogP contribution in [0.1, 0.15) is 82.6 Å². The first-order valence-electron chi connectivity index (χ1n) is 18.0. The molecular formula is C36H51N7O7. The molecule has 3 heterocycles. The number of benzene rings is 1. The maximum absolute atomic E-state index is 13.7. The smallest absolute Gasteiger partial charge is 0.409 e. The van der Waals surface area contributed by atoms with Crippen LogP contribution in [-0.2, 0) is 19.1 Å². The largest absolute Gasteiger partial charge is 0.467 e. The van der Waals surface area contributed by atoms with Crippen molar-refractivity contribution in [2.45, 2.75) is 90.3 Å². The summed E-state index contributed by atoms with van der Waals surface area (Å²) in [5.41, 5.74) is 0.644. The van der Waals surface area contributed by atoms with Gasteiger partial charge in [-0.1, -0.05) is 45.4 Å². The second kappa shape index (κ2) is 17.3. The van der Waals surface area contributed by atoms with Crippen LogP contribution in [0.3, 0.4) is 0 Å². The molecule has 2 unspecified atom stereocenters. The summed E-state index contributed by atoms with van der Waals surface area (Å²) in [6.45, 7) is 7.86. The average molecular weight is 694 g/mol. The van der Waals surface area contributed by atoms with Crippen molar-refractivity contribution in [3.8, 4) is 11.6 Å². The predicted molar refractivity (Wildman–Crippen MR) is 185 cm³/mol. The minimum absolute atomic E-state index is 0.0245. The van der Waals surface area contributed by atoms with Crippen LogP contribution in [0.2, 0.25) is 0 Å². The number of hydrogen-bond donors (Lipinski definition) is 2. The predicted octanol–water partition coefficient (Wildman–Crippen LogP) is 3.14. The topological polar surface area (TPSA) is 155 Å². The van der Waals surface area contributed by atoms with Gasteiger partial charge in [-0.3, -0.25) is 19.2 Å². The van der Waals surface area contributed by atoms with Crippen LogP contribution in [-0.4, -0.2) is 118 Å². The number of amides is 5. The monoisotopic (exact) mass is 693 g/mol. The molecule has 5 rings (SSSR count). The van der Waals surface area contributed by atoms with E-state index in [2.05, 4.69) is 15.7 Å². The summed E-state index contributed by atoms with van der Waals surface area (Å²) < 4.78 is 12.8. The van der Waals surface area contributed by atoms with Crippen LogP contribution in [0.4, 0.5) is 4.79 Å². The van der Waals surface area contributed by atoms with Crippen LogP contribution in [0.25, 0.3) is 5.69 Å². The molecule has 14 heteroatoms. The quantitative estimate of drug-likeness (QED) is 0.286. The lowest BCUT2D eigenvalue weighted by molar-refractivity contribution is -0.140. The van der Waals surface area contributed by atoms with Gasteiger partial charge in [0.2, 0.25) is 17.7 Å². The van der Waals surface area contributed by atoms with E-state index in [0.29, 0.717) is 57.9 Å². The Bertz CT molecular complexity index is 1480. The van der Waals surface area contributed by atoms with E-state index >= 15 is 0 Å². The van der Waals surface area contributed by atoms with Crippen LogP contribution in [0.5, 0.6) is 5.88 Å². The standard InChI is InChI=1S/C36H51N7O7/c1-4-5-21-49-36(48)41-19-17-40(18-20-41)35(47)29(22-25(2)3)38-33(45)28-23-32(43(39-28)27-13-7-6-8-14-27)50-24-31(44)42-16-10-15-30(42)34(46)37-26-11-9-12-26/h6-8,13-14,23,25-26,29-30H,4-5,9-12,15-22,24H2,1-3H3,(H,37,46)(H,38,45). The molecule has 5 amide bonds. The van der Waals surface area contributed by atoms with Crippen molar-refractivity contribution in [3.63, 3.8) is 0 Å². The number of unbranched alkanes of at least 4 members (excludes halogenated alkanes) is 1. The molecule has 3 fully saturated rings. The first kappa shape index (κ1) is 36.7. The van der Waals surface area contributed by atoms with Crippen LogP contribution < -0.4 is 15.4 Å². The second-order valence-electron chi connectivity index (χ2n) is 13.7. The van der Waals surface area contributed by atoms with Gasteiger partial charge in [0.25, 0.3) is 11.8 Å². The van der Waals surface area contributed by atoms with Gasteiger partial charge in [0, 0.05) is 44.8 Å². The molecule has 0 radical (unpaired) electrons. The second-order valence-corrected chi connectivity index (χ2v) is 13.7. The van der Waals surface area contributed by atoms with Gasteiger partial charge in [0.1, 0.15) is 12.1 Å². The molecule has 2 N–H and O–H groups in total. The number of nitrogens with one attached hydrogen (secondary N) is 2. The Morgan fingerprint density at radius 3 is 2.32 bits per heavy atom. The summed E-state index contributed by atoms with van der Waals surface area (Å²) in [6.07, 6.45) is 6.14. The number of aromatic nitrogens is 2.